The Morgan fingerprint density at radius 1 is 1.11 bits per heavy atom. The maximum absolute atomic E-state index is 12.3. The summed E-state index contributed by atoms with van der Waals surface area (Å²) in [6, 6.07) is 14.2. The minimum absolute atomic E-state index is 0.220. The van der Waals surface area contributed by atoms with Gasteiger partial charge in [-0.05, 0) is 42.0 Å². The molecule has 0 fully saturated rings. The second kappa shape index (κ2) is 7.63. The van der Waals surface area contributed by atoms with E-state index in [1.165, 1.54) is 7.05 Å². The molecule has 0 unspecified atom stereocenters. The van der Waals surface area contributed by atoms with Crippen molar-refractivity contribution >= 4 is 21.6 Å². The first kappa shape index (κ1) is 18.7. The molecule has 0 aliphatic heterocycles. The summed E-state index contributed by atoms with van der Waals surface area (Å²) in [5.41, 5.74) is 2.94. The van der Waals surface area contributed by atoms with Crippen molar-refractivity contribution in [2.24, 2.45) is 0 Å². The second-order valence-corrected chi connectivity index (χ2v) is 8.11. The van der Waals surface area contributed by atoms with Crippen molar-refractivity contribution in [2.75, 3.05) is 17.6 Å². The average Bonchev–Trinajstić information content (AvgIpc) is 3.20. The first-order valence-electron chi connectivity index (χ1n) is 8.24. The summed E-state index contributed by atoms with van der Waals surface area (Å²) in [5, 5.41) is 2.86. The zero-order valence-corrected chi connectivity index (χ0v) is 15.8. The average molecular weight is 384 g/mol. The predicted octanol–water partition coefficient (Wildman–Crippen LogP) is 2.20. The number of sulfonamides is 1. The lowest BCUT2D eigenvalue weighted by Crippen LogP contribution is -2.25. The molecule has 1 aromatic heterocycles. The third kappa shape index (κ3) is 4.53. The molecule has 0 atom stereocenters. The van der Waals surface area contributed by atoms with Crippen LogP contribution in [0.1, 0.15) is 15.9 Å². The van der Waals surface area contributed by atoms with Crippen LogP contribution in [0.15, 0.2) is 67.3 Å². The molecule has 3 rings (SSSR count). The van der Waals surface area contributed by atoms with E-state index in [1.54, 1.807) is 36.8 Å². The molecule has 1 heterocycles. The van der Waals surface area contributed by atoms with Gasteiger partial charge in [-0.2, -0.15) is 0 Å². The smallest absolute Gasteiger partial charge is 0.251 e. The van der Waals surface area contributed by atoms with Crippen LogP contribution in [0.4, 0.5) is 5.69 Å². The van der Waals surface area contributed by atoms with Crippen molar-refractivity contribution in [3.63, 3.8) is 0 Å². The number of carbonyl (C=O) groups is 1. The second-order valence-electron chi connectivity index (χ2n) is 6.10. The van der Waals surface area contributed by atoms with Gasteiger partial charge < -0.3 is 9.88 Å². The van der Waals surface area contributed by atoms with Crippen LogP contribution >= 0.6 is 0 Å². The van der Waals surface area contributed by atoms with E-state index >= 15 is 0 Å². The van der Waals surface area contributed by atoms with Crippen LogP contribution in [0.3, 0.4) is 0 Å². The molecule has 27 heavy (non-hydrogen) atoms. The Morgan fingerprint density at radius 2 is 1.78 bits per heavy atom. The minimum atomic E-state index is -3.33. The van der Waals surface area contributed by atoms with Gasteiger partial charge in [-0.3, -0.25) is 9.10 Å². The number of benzene rings is 2. The van der Waals surface area contributed by atoms with Crippen LogP contribution in [0, 0.1) is 0 Å². The first-order valence-corrected chi connectivity index (χ1v) is 10.1. The molecule has 0 aliphatic carbocycles. The number of rotatable bonds is 6. The van der Waals surface area contributed by atoms with Gasteiger partial charge in [0.15, 0.2) is 0 Å². The molecule has 7 nitrogen and oxygen atoms in total. The van der Waals surface area contributed by atoms with Gasteiger partial charge in [0.2, 0.25) is 10.0 Å². The molecule has 0 radical (unpaired) electrons. The molecule has 0 saturated carbocycles. The predicted molar refractivity (Wildman–Crippen MR) is 104 cm³/mol. The molecule has 1 N–H and O–H groups in total. The number of amides is 1. The van der Waals surface area contributed by atoms with Crippen molar-refractivity contribution in [3.8, 4) is 5.69 Å². The normalized spacial score (nSPS) is 11.2. The number of carbonyl (C=O) groups excluding carboxylic acids is 1. The fraction of sp³-hybridized carbons (Fsp3) is 0.158. The Bertz CT molecular complexity index is 1010. The lowest BCUT2D eigenvalue weighted by Gasteiger charge is -2.16. The van der Waals surface area contributed by atoms with Crippen LogP contribution in [-0.2, 0) is 16.6 Å². The highest BCUT2D eigenvalue weighted by atomic mass is 32.2. The van der Waals surface area contributed by atoms with Crippen LogP contribution < -0.4 is 9.62 Å². The van der Waals surface area contributed by atoms with Crippen molar-refractivity contribution in [2.45, 2.75) is 6.54 Å². The molecule has 1 amide bonds. The third-order valence-corrected chi connectivity index (χ3v) is 5.39. The van der Waals surface area contributed by atoms with Gasteiger partial charge in [-0.15, -0.1) is 0 Å². The number of hydrogen-bond donors (Lipinski definition) is 1. The number of nitrogens with zero attached hydrogens (tertiary/aromatic N) is 3. The Hall–Kier alpha value is -3.13. The van der Waals surface area contributed by atoms with Crippen molar-refractivity contribution in [1.82, 2.24) is 14.9 Å². The van der Waals surface area contributed by atoms with Gasteiger partial charge in [0, 0.05) is 37.2 Å². The van der Waals surface area contributed by atoms with E-state index in [0.717, 1.165) is 21.8 Å². The van der Waals surface area contributed by atoms with Crippen LogP contribution in [0.2, 0.25) is 0 Å². The standard InChI is InChI=1S/C19H20N4O3S/c1-22(27(2,25)26)17-9-5-16(6-10-17)19(24)21-13-15-3-7-18(8-4-15)23-12-11-20-14-23/h3-12,14H,13H2,1-2H3,(H,21,24). The van der Waals surface area contributed by atoms with Crippen LogP contribution in [0.5, 0.6) is 0 Å². The monoisotopic (exact) mass is 384 g/mol. The van der Waals surface area contributed by atoms with E-state index < -0.39 is 10.0 Å². The third-order valence-electron chi connectivity index (χ3n) is 4.18. The van der Waals surface area contributed by atoms with E-state index in [2.05, 4.69) is 10.3 Å². The highest BCUT2D eigenvalue weighted by Gasteiger charge is 2.12. The quantitative estimate of drug-likeness (QED) is 0.706. The SMILES string of the molecule is CN(c1ccc(C(=O)NCc2ccc(-n3ccnc3)cc2)cc1)S(C)(=O)=O. The summed E-state index contributed by atoms with van der Waals surface area (Å²) in [4.78, 5) is 16.3. The fourth-order valence-corrected chi connectivity index (χ4v) is 3.00. The summed E-state index contributed by atoms with van der Waals surface area (Å²) in [6.07, 6.45) is 6.43. The van der Waals surface area contributed by atoms with Gasteiger partial charge in [0.1, 0.15) is 0 Å². The topological polar surface area (TPSA) is 84.3 Å². The number of aromatic nitrogens is 2. The molecule has 0 saturated heterocycles. The molecule has 0 spiro atoms. The Morgan fingerprint density at radius 3 is 2.33 bits per heavy atom. The van der Waals surface area contributed by atoms with E-state index in [0.29, 0.717) is 17.8 Å². The van der Waals surface area contributed by atoms with E-state index in [4.69, 9.17) is 0 Å². The van der Waals surface area contributed by atoms with Gasteiger partial charge >= 0.3 is 0 Å². The molecule has 0 aliphatic rings. The fourth-order valence-electron chi connectivity index (χ4n) is 2.50. The van der Waals surface area contributed by atoms with Crippen LogP contribution in [0.25, 0.3) is 5.69 Å². The number of imidazole rings is 1. The minimum Gasteiger partial charge on any atom is -0.348 e. The molecule has 0 bridgehead atoms. The zero-order chi connectivity index (χ0) is 19.4. The molecular formula is C19H20N4O3S. The number of anilines is 1. The van der Waals surface area contributed by atoms with E-state index in [9.17, 15) is 13.2 Å². The summed E-state index contributed by atoms with van der Waals surface area (Å²) in [5.74, 6) is -0.220. The van der Waals surface area contributed by atoms with E-state index in [1.807, 2.05) is 35.0 Å². The Balaban J connectivity index is 1.61. The number of nitrogens with one attached hydrogen (secondary N) is 1. The maximum Gasteiger partial charge on any atom is 0.251 e. The van der Waals surface area contributed by atoms with Crippen molar-refractivity contribution in [3.05, 3.63) is 78.4 Å². The summed E-state index contributed by atoms with van der Waals surface area (Å²) < 4.78 is 26.2. The molecular weight excluding hydrogens is 364 g/mol. The first-order chi connectivity index (χ1) is 12.8. The highest BCUT2D eigenvalue weighted by molar-refractivity contribution is 7.92. The van der Waals surface area contributed by atoms with Gasteiger partial charge in [0.05, 0.1) is 18.3 Å². The number of hydrogen-bond acceptors (Lipinski definition) is 4. The highest BCUT2D eigenvalue weighted by Crippen LogP contribution is 2.16. The van der Waals surface area contributed by atoms with Crippen LogP contribution in [-0.4, -0.2) is 37.2 Å². The zero-order valence-electron chi connectivity index (χ0n) is 15.0. The lowest BCUT2D eigenvalue weighted by atomic mass is 10.1. The summed E-state index contributed by atoms with van der Waals surface area (Å²) >= 11 is 0. The summed E-state index contributed by atoms with van der Waals surface area (Å²) in [7, 11) is -1.86. The largest absolute Gasteiger partial charge is 0.348 e. The Kier molecular flexibility index (Phi) is 5.27. The molecule has 8 heteroatoms. The van der Waals surface area contributed by atoms with E-state index in [-0.39, 0.29) is 5.91 Å². The molecule has 3 aromatic rings. The van der Waals surface area contributed by atoms with Gasteiger partial charge in [-0.1, -0.05) is 12.1 Å². The van der Waals surface area contributed by atoms with Crippen molar-refractivity contribution in [1.29, 1.82) is 0 Å². The van der Waals surface area contributed by atoms with Crippen molar-refractivity contribution < 1.29 is 13.2 Å². The summed E-state index contributed by atoms with van der Waals surface area (Å²) in [6.45, 7) is 0.397. The maximum atomic E-state index is 12.3. The van der Waals surface area contributed by atoms with Gasteiger partial charge in [-0.25, -0.2) is 13.4 Å². The molecule has 140 valence electrons. The molecule has 2 aromatic carbocycles. The van der Waals surface area contributed by atoms with Gasteiger partial charge in [0.25, 0.3) is 5.91 Å². The lowest BCUT2D eigenvalue weighted by molar-refractivity contribution is 0.0951. The Labute approximate surface area is 158 Å².